The first-order valence-electron chi connectivity index (χ1n) is 12.3. The Labute approximate surface area is 208 Å². The fourth-order valence-corrected chi connectivity index (χ4v) is 4.20. The molecule has 35 heavy (non-hydrogen) atoms. The predicted octanol–water partition coefficient (Wildman–Crippen LogP) is 5.43. The van der Waals surface area contributed by atoms with Crippen molar-refractivity contribution in [2.24, 2.45) is 0 Å². The first kappa shape index (κ1) is 26.4. The van der Waals surface area contributed by atoms with E-state index in [1.165, 1.54) is 0 Å². The van der Waals surface area contributed by atoms with Crippen LogP contribution in [0.15, 0.2) is 60.7 Å². The third-order valence-corrected chi connectivity index (χ3v) is 5.68. The van der Waals surface area contributed by atoms with E-state index in [0.717, 1.165) is 21.9 Å². The summed E-state index contributed by atoms with van der Waals surface area (Å²) in [6.07, 6.45) is 0.739. The minimum absolute atomic E-state index is 0.113. The summed E-state index contributed by atoms with van der Waals surface area (Å²) in [6, 6.07) is 19.3. The van der Waals surface area contributed by atoms with Gasteiger partial charge in [-0.2, -0.15) is 0 Å². The van der Waals surface area contributed by atoms with Crippen molar-refractivity contribution >= 4 is 22.6 Å². The van der Waals surface area contributed by atoms with Crippen LogP contribution in [0.25, 0.3) is 10.8 Å². The lowest BCUT2D eigenvalue weighted by molar-refractivity contribution is 0.0908. The standard InChI is InChI=1S/C30H38N2O3/c1-29(2,3)31-27(34)25-14-10-8-12-21(25)17-18-23(33)19-22-16-15-20-11-7-9-13-24(20)26(22)28(35)32-30(4,5)6/h7-16,23,33H,17-19H2,1-6H3,(H,31,34)(H,32,35)/t23-/m1/s1. The Morgan fingerprint density at radius 2 is 1.37 bits per heavy atom. The molecule has 3 N–H and O–H groups in total. The maximum absolute atomic E-state index is 13.3. The minimum Gasteiger partial charge on any atom is -0.393 e. The molecule has 5 heteroatoms. The van der Waals surface area contributed by atoms with Crippen molar-refractivity contribution in [3.05, 3.63) is 82.9 Å². The number of aryl methyl sites for hydroxylation is 1. The zero-order valence-electron chi connectivity index (χ0n) is 21.7. The third-order valence-electron chi connectivity index (χ3n) is 5.68. The van der Waals surface area contributed by atoms with Gasteiger partial charge in [0.1, 0.15) is 0 Å². The zero-order valence-corrected chi connectivity index (χ0v) is 21.7. The summed E-state index contributed by atoms with van der Waals surface area (Å²) in [5, 5.41) is 18.9. The molecule has 0 saturated heterocycles. The Kier molecular flexibility index (Phi) is 8.01. The number of hydrogen-bond donors (Lipinski definition) is 3. The van der Waals surface area contributed by atoms with Gasteiger partial charge in [-0.1, -0.05) is 54.6 Å². The molecule has 0 spiro atoms. The summed E-state index contributed by atoms with van der Waals surface area (Å²) in [4.78, 5) is 26.0. The Morgan fingerprint density at radius 3 is 2.06 bits per heavy atom. The molecule has 5 nitrogen and oxygen atoms in total. The van der Waals surface area contributed by atoms with Crippen molar-refractivity contribution in [1.29, 1.82) is 0 Å². The van der Waals surface area contributed by atoms with Gasteiger partial charge in [-0.05, 0) is 88.8 Å². The van der Waals surface area contributed by atoms with E-state index in [4.69, 9.17) is 0 Å². The second kappa shape index (κ2) is 10.6. The number of aliphatic hydroxyl groups excluding tert-OH is 1. The SMILES string of the molecule is CC(C)(C)NC(=O)c1ccccc1CC[C@@H](O)Cc1ccc2ccccc2c1C(=O)NC(C)(C)C. The minimum atomic E-state index is -0.656. The van der Waals surface area contributed by atoms with Crippen molar-refractivity contribution in [3.63, 3.8) is 0 Å². The van der Waals surface area contributed by atoms with Crippen LogP contribution in [0.4, 0.5) is 0 Å². The number of fused-ring (bicyclic) bond motifs is 1. The second-order valence-corrected chi connectivity index (χ2v) is 11.3. The average Bonchev–Trinajstić information content (AvgIpc) is 2.75. The molecule has 186 valence electrons. The van der Waals surface area contributed by atoms with Gasteiger partial charge in [0, 0.05) is 16.6 Å². The lowest BCUT2D eigenvalue weighted by atomic mass is 9.92. The van der Waals surface area contributed by atoms with E-state index >= 15 is 0 Å². The highest BCUT2D eigenvalue weighted by Gasteiger charge is 2.22. The number of carbonyl (C=O) groups excluding carboxylic acids is 2. The lowest BCUT2D eigenvalue weighted by Crippen LogP contribution is -2.41. The molecule has 0 unspecified atom stereocenters. The van der Waals surface area contributed by atoms with E-state index in [2.05, 4.69) is 10.6 Å². The molecule has 0 fully saturated rings. The first-order chi connectivity index (χ1) is 16.3. The smallest absolute Gasteiger partial charge is 0.252 e. The summed E-state index contributed by atoms with van der Waals surface area (Å²) in [5.41, 5.74) is 2.26. The molecule has 3 aromatic carbocycles. The quantitative estimate of drug-likeness (QED) is 0.427. The highest BCUT2D eigenvalue weighted by Crippen LogP contribution is 2.25. The Hall–Kier alpha value is -3.18. The molecule has 3 aromatic rings. The van der Waals surface area contributed by atoms with Crippen molar-refractivity contribution in [3.8, 4) is 0 Å². The van der Waals surface area contributed by atoms with Crippen LogP contribution in [0, 0.1) is 0 Å². The van der Waals surface area contributed by atoms with Gasteiger partial charge >= 0.3 is 0 Å². The van der Waals surface area contributed by atoms with Gasteiger partial charge in [-0.15, -0.1) is 0 Å². The van der Waals surface area contributed by atoms with Crippen LogP contribution < -0.4 is 10.6 Å². The topological polar surface area (TPSA) is 78.4 Å². The monoisotopic (exact) mass is 474 g/mol. The highest BCUT2D eigenvalue weighted by atomic mass is 16.3. The largest absolute Gasteiger partial charge is 0.393 e. The van der Waals surface area contributed by atoms with E-state index in [0.29, 0.717) is 30.4 Å². The maximum atomic E-state index is 13.3. The lowest BCUT2D eigenvalue weighted by Gasteiger charge is -2.23. The summed E-state index contributed by atoms with van der Waals surface area (Å²) in [7, 11) is 0. The summed E-state index contributed by atoms with van der Waals surface area (Å²) >= 11 is 0. The first-order valence-corrected chi connectivity index (χ1v) is 12.3. The van der Waals surface area contributed by atoms with E-state index in [1.54, 1.807) is 0 Å². The highest BCUT2D eigenvalue weighted by molar-refractivity contribution is 6.08. The average molecular weight is 475 g/mol. The van der Waals surface area contributed by atoms with Crippen LogP contribution in [0.5, 0.6) is 0 Å². The van der Waals surface area contributed by atoms with Crippen LogP contribution >= 0.6 is 0 Å². The summed E-state index contributed by atoms with van der Waals surface area (Å²) in [6.45, 7) is 11.7. The molecule has 0 saturated carbocycles. The van der Waals surface area contributed by atoms with E-state index in [9.17, 15) is 14.7 Å². The van der Waals surface area contributed by atoms with E-state index < -0.39 is 6.10 Å². The van der Waals surface area contributed by atoms with Crippen LogP contribution in [0.1, 0.15) is 79.8 Å². The Balaban J connectivity index is 1.80. The normalized spacial score (nSPS) is 12.9. The molecule has 0 aliphatic carbocycles. The van der Waals surface area contributed by atoms with Crippen LogP contribution in [-0.2, 0) is 12.8 Å². The molecule has 0 bridgehead atoms. The van der Waals surface area contributed by atoms with E-state index in [-0.39, 0.29) is 22.9 Å². The fourth-order valence-electron chi connectivity index (χ4n) is 4.20. The molecule has 1 atom stereocenters. The summed E-state index contributed by atoms with van der Waals surface area (Å²) < 4.78 is 0. The van der Waals surface area contributed by atoms with E-state index in [1.807, 2.05) is 102 Å². The van der Waals surface area contributed by atoms with Gasteiger partial charge in [0.05, 0.1) is 11.7 Å². The number of carbonyl (C=O) groups is 2. The van der Waals surface area contributed by atoms with Gasteiger partial charge < -0.3 is 15.7 Å². The predicted molar refractivity (Wildman–Crippen MR) is 143 cm³/mol. The van der Waals surface area contributed by atoms with Crippen molar-refractivity contribution in [2.45, 2.75) is 78.0 Å². The van der Waals surface area contributed by atoms with Gasteiger partial charge in [0.25, 0.3) is 11.8 Å². The number of hydrogen-bond acceptors (Lipinski definition) is 3. The van der Waals surface area contributed by atoms with Crippen molar-refractivity contribution < 1.29 is 14.7 Å². The molecular formula is C30H38N2O3. The van der Waals surface area contributed by atoms with Crippen LogP contribution in [-0.4, -0.2) is 34.1 Å². The molecule has 0 radical (unpaired) electrons. The molecular weight excluding hydrogens is 436 g/mol. The Morgan fingerprint density at radius 1 is 0.771 bits per heavy atom. The number of benzene rings is 3. The van der Waals surface area contributed by atoms with Gasteiger partial charge in [0.2, 0.25) is 0 Å². The second-order valence-electron chi connectivity index (χ2n) is 11.3. The molecule has 0 heterocycles. The maximum Gasteiger partial charge on any atom is 0.252 e. The van der Waals surface area contributed by atoms with Gasteiger partial charge in [-0.25, -0.2) is 0 Å². The molecule has 0 aromatic heterocycles. The van der Waals surface area contributed by atoms with Gasteiger partial charge in [-0.3, -0.25) is 9.59 Å². The van der Waals surface area contributed by atoms with Crippen LogP contribution in [0.3, 0.4) is 0 Å². The number of nitrogens with one attached hydrogen (secondary N) is 2. The van der Waals surface area contributed by atoms with Gasteiger partial charge in [0.15, 0.2) is 0 Å². The van der Waals surface area contributed by atoms with Crippen molar-refractivity contribution in [1.82, 2.24) is 10.6 Å². The molecule has 2 amide bonds. The molecule has 0 aliphatic heterocycles. The van der Waals surface area contributed by atoms with Crippen molar-refractivity contribution in [2.75, 3.05) is 0 Å². The Bertz CT molecular complexity index is 1200. The molecule has 0 aliphatic rings. The zero-order chi connectivity index (χ0) is 25.8. The summed E-state index contributed by atoms with van der Waals surface area (Å²) in [5.74, 6) is -0.251. The third kappa shape index (κ3) is 7.40. The fraction of sp³-hybridized carbons (Fsp3) is 0.400. The number of rotatable bonds is 7. The number of aliphatic hydroxyl groups is 1. The number of amides is 2. The molecule has 3 rings (SSSR count). The van der Waals surface area contributed by atoms with Crippen LogP contribution in [0.2, 0.25) is 0 Å².